The zero-order valence-corrected chi connectivity index (χ0v) is 23.7. The third-order valence-electron chi connectivity index (χ3n) is 6.60. The molecule has 0 radical (unpaired) electrons. The molecule has 1 rings (SSSR count). The van der Waals surface area contributed by atoms with Crippen LogP contribution in [0.25, 0.3) is 5.70 Å². The maximum Gasteiger partial charge on any atom is 0.155 e. The van der Waals surface area contributed by atoms with Crippen molar-refractivity contribution in [2.24, 2.45) is 5.92 Å². The minimum absolute atomic E-state index is 0.116. The number of benzene rings is 1. The van der Waals surface area contributed by atoms with Crippen molar-refractivity contribution in [3.05, 3.63) is 50.7 Å². The normalized spacial score (nSPS) is 14.9. The second-order valence-corrected chi connectivity index (χ2v) is 10.4. The minimum atomic E-state index is -0.713. The maximum absolute atomic E-state index is 15.4. The van der Waals surface area contributed by atoms with Crippen LogP contribution in [0.4, 0.5) is 4.39 Å². The van der Waals surface area contributed by atoms with Crippen molar-refractivity contribution < 1.29 is 9.18 Å². The zero-order chi connectivity index (χ0) is 25.2. The molecule has 0 saturated carbocycles. The van der Waals surface area contributed by atoms with Crippen LogP contribution in [0.1, 0.15) is 104 Å². The van der Waals surface area contributed by atoms with Gasteiger partial charge in [-0.1, -0.05) is 84.6 Å². The van der Waals surface area contributed by atoms with Crippen molar-refractivity contribution in [2.75, 3.05) is 0 Å². The highest BCUT2D eigenvalue weighted by Gasteiger charge is 2.36. The molecular formula is C28H42BrClFNO. The predicted octanol–water partition coefficient (Wildman–Crippen LogP) is 9.44. The molecule has 0 aliphatic rings. The first-order chi connectivity index (χ1) is 15.6. The summed E-state index contributed by atoms with van der Waals surface area (Å²) in [4.78, 5) is 13.2. The highest BCUT2D eigenvalue weighted by molar-refractivity contribution is 9.10. The van der Waals surface area contributed by atoms with E-state index in [1.807, 2.05) is 19.1 Å². The fourth-order valence-corrected chi connectivity index (χ4v) is 4.87. The van der Waals surface area contributed by atoms with Crippen LogP contribution in [0.2, 0.25) is 5.02 Å². The molecule has 33 heavy (non-hydrogen) atoms. The van der Waals surface area contributed by atoms with Crippen LogP contribution >= 0.6 is 27.5 Å². The summed E-state index contributed by atoms with van der Waals surface area (Å²) in [5, 5.41) is 4.01. The third-order valence-corrected chi connectivity index (χ3v) is 7.90. The van der Waals surface area contributed by atoms with E-state index in [0.717, 1.165) is 61.8 Å². The van der Waals surface area contributed by atoms with Crippen molar-refractivity contribution in [1.82, 2.24) is 5.32 Å². The van der Waals surface area contributed by atoms with E-state index in [1.165, 1.54) is 0 Å². The summed E-state index contributed by atoms with van der Waals surface area (Å²) in [6.45, 7) is 16.4. The van der Waals surface area contributed by atoms with Crippen molar-refractivity contribution in [3.63, 3.8) is 0 Å². The second-order valence-electron chi connectivity index (χ2n) is 9.18. The van der Waals surface area contributed by atoms with Gasteiger partial charge in [0, 0.05) is 11.3 Å². The molecule has 1 N–H and O–H groups in total. The lowest BCUT2D eigenvalue weighted by molar-refractivity contribution is -0.123. The first-order valence-electron chi connectivity index (χ1n) is 12.4. The molecule has 0 amide bonds. The summed E-state index contributed by atoms with van der Waals surface area (Å²) in [6.07, 6.45) is 9.24. The number of carbonyl (C=O) groups excluding carboxylic acids is 1. The van der Waals surface area contributed by atoms with Crippen LogP contribution in [-0.2, 0) is 11.2 Å². The van der Waals surface area contributed by atoms with E-state index in [-0.39, 0.29) is 16.1 Å². The van der Waals surface area contributed by atoms with Crippen LogP contribution in [0.5, 0.6) is 0 Å². The van der Waals surface area contributed by atoms with Crippen LogP contribution in [0.3, 0.4) is 0 Å². The molecule has 0 aromatic heterocycles. The summed E-state index contributed by atoms with van der Waals surface area (Å²) >= 11 is 9.76. The molecular weight excluding hydrogens is 501 g/mol. The molecule has 0 fully saturated rings. The second kappa shape index (κ2) is 14.3. The molecule has 2 atom stereocenters. The Kier molecular flexibility index (Phi) is 13.0. The number of nitrogens with one attached hydrogen (secondary N) is 1. The number of halogens is 3. The van der Waals surface area contributed by atoms with E-state index < -0.39 is 5.54 Å². The van der Waals surface area contributed by atoms with Gasteiger partial charge in [0.05, 0.1) is 15.0 Å². The number of carbonyl (C=O) groups is 1. The molecule has 186 valence electrons. The Hall–Kier alpha value is -1.13. The van der Waals surface area contributed by atoms with Gasteiger partial charge in [-0.25, -0.2) is 4.39 Å². The average molecular weight is 543 g/mol. The van der Waals surface area contributed by atoms with Crippen LogP contribution in [-0.4, -0.2) is 11.3 Å². The van der Waals surface area contributed by atoms with Crippen LogP contribution in [0, 0.1) is 11.7 Å². The summed E-state index contributed by atoms with van der Waals surface area (Å²) in [5.74, 6) is 0.312. The van der Waals surface area contributed by atoms with Gasteiger partial charge in [0.15, 0.2) is 5.78 Å². The van der Waals surface area contributed by atoms with Crippen LogP contribution in [0.15, 0.2) is 28.8 Å². The summed E-state index contributed by atoms with van der Waals surface area (Å²) in [7, 11) is 0. The first-order valence-corrected chi connectivity index (χ1v) is 13.6. The number of hydrogen-bond acceptors (Lipinski definition) is 2. The topological polar surface area (TPSA) is 29.1 Å². The Morgan fingerprint density at radius 3 is 2.39 bits per heavy atom. The Morgan fingerprint density at radius 2 is 1.91 bits per heavy atom. The van der Waals surface area contributed by atoms with Gasteiger partial charge in [0.25, 0.3) is 0 Å². The molecule has 5 heteroatoms. The third kappa shape index (κ3) is 7.68. The predicted molar refractivity (Wildman–Crippen MR) is 145 cm³/mol. The Morgan fingerprint density at radius 1 is 1.24 bits per heavy atom. The molecule has 1 aromatic rings. The monoisotopic (exact) mass is 541 g/mol. The van der Waals surface area contributed by atoms with E-state index >= 15 is 4.39 Å². The molecule has 0 spiro atoms. The molecule has 1 unspecified atom stereocenters. The largest absolute Gasteiger partial charge is 0.372 e. The Balaban J connectivity index is 3.84. The van der Waals surface area contributed by atoms with E-state index in [4.69, 9.17) is 11.6 Å². The summed E-state index contributed by atoms with van der Waals surface area (Å²) < 4.78 is 15.7. The van der Waals surface area contributed by atoms with Crippen LogP contribution < -0.4 is 5.32 Å². The molecule has 1 aromatic carbocycles. The Bertz CT molecular complexity index is 851. The van der Waals surface area contributed by atoms with Crippen molar-refractivity contribution >= 4 is 39.0 Å². The summed E-state index contributed by atoms with van der Waals surface area (Å²) in [5.41, 5.74) is 2.41. The van der Waals surface area contributed by atoms with E-state index in [9.17, 15) is 4.79 Å². The van der Waals surface area contributed by atoms with Gasteiger partial charge in [0.2, 0.25) is 0 Å². The number of allylic oxidation sites excluding steroid dienone is 2. The zero-order valence-electron chi connectivity index (χ0n) is 21.3. The van der Waals surface area contributed by atoms with E-state index in [1.54, 1.807) is 6.92 Å². The SMILES string of the molecule is C=C/C(CCC)=C(/NC(CCC)(CC[C@H](C)CC)C(C)=O)c1cc(Cl)c(Br)c(F)c1CCC. The van der Waals surface area contributed by atoms with Gasteiger partial charge in [-0.05, 0) is 78.1 Å². The fraction of sp³-hybridized carbons (Fsp3) is 0.607. The minimum Gasteiger partial charge on any atom is -0.372 e. The van der Waals surface area contributed by atoms with Gasteiger partial charge in [-0.3, -0.25) is 4.79 Å². The number of ketones is 1. The molecule has 0 aliphatic carbocycles. The number of rotatable bonds is 15. The molecule has 0 saturated heterocycles. The fourth-order valence-electron chi connectivity index (χ4n) is 4.32. The smallest absolute Gasteiger partial charge is 0.155 e. The standard InChI is InChI=1S/C28H42BrClFNO/c1-8-13-21(12-5)27(23-18-24(30)25(29)26(31)22(23)14-9-2)32-28(16-10-3,20(7)33)17-15-19(6)11-4/h12,18-19,32H,5,8-11,13-17H2,1-4,6-7H3/b27-21-/t19-,28?/m1/s1. The number of Topliss-reactive ketones (excluding diaryl/α,β-unsaturated/α-hetero) is 1. The van der Waals surface area contributed by atoms with Gasteiger partial charge in [-0.15, -0.1) is 0 Å². The number of hydrogen-bond donors (Lipinski definition) is 1. The molecule has 0 heterocycles. The van der Waals surface area contributed by atoms with Gasteiger partial charge in [0.1, 0.15) is 5.82 Å². The first kappa shape index (κ1) is 29.9. The van der Waals surface area contributed by atoms with E-state index in [0.29, 0.717) is 29.3 Å². The summed E-state index contributed by atoms with van der Waals surface area (Å²) in [6, 6.07) is 1.83. The molecule has 0 bridgehead atoms. The lowest BCUT2D eigenvalue weighted by Gasteiger charge is -2.37. The average Bonchev–Trinajstić information content (AvgIpc) is 2.79. The van der Waals surface area contributed by atoms with Gasteiger partial charge in [-0.2, -0.15) is 0 Å². The van der Waals surface area contributed by atoms with Gasteiger partial charge < -0.3 is 5.32 Å². The maximum atomic E-state index is 15.4. The van der Waals surface area contributed by atoms with Crippen molar-refractivity contribution in [1.29, 1.82) is 0 Å². The highest BCUT2D eigenvalue weighted by Crippen LogP contribution is 2.37. The van der Waals surface area contributed by atoms with Crippen molar-refractivity contribution in [2.45, 2.75) is 105 Å². The quantitative estimate of drug-likeness (QED) is 0.177. The Labute approximate surface area is 214 Å². The molecule has 2 nitrogen and oxygen atoms in total. The molecule has 0 aliphatic heterocycles. The van der Waals surface area contributed by atoms with Gasteiger partial charge >= 0.3 is 0 Å². The lowest BCUT2D eigenvalue weighted by Crippen LogP contribution is -2.50. The van der Waals surface area contributed by atoms with Crippen molar-refractivity contribution in [3.8, 4) is 0 Å². The van der Waals surface area contributed by atoms with E-state index in [2.05, 4.69) is 55.5 Å². The lowest BCUT2D eigenvalue weighted by atomic mass is 9.81. The highest BCUT2D eigenvalue weighted by atomic mass is 79.9.